The fraction of sp³-hybridized carbons (Fsp3) is 0.409. The van der Waals surface area contributed by atoms with Gasteiger partial charge < -0.3 is 47.3 Å². The van der Waals surface area contributed by atoms with E-state index in [1.807, 2.05) is 0 Å². The highest BCUT2D eigenvalue weighted by atomic mass is 32.3. The lowest BCUT2D eigenvalue weighted by molar-refractivity contribution is -0.173. The van der Waals surface area contributed by atoms with Crippen LogP contribution in [0.2, 0.25) is 0 Å². The number of primary amides is 1. The van der Waals surface area contributed by atoms with E-state index in [0.29, 0.717) is 0 Å². The van der Waals surface area contributed by atoms with Gasteiger partial charge in [0.1, 0.15) is 22.8 Å². The van der Waals surface area contributed by atoms with Crippen molar-refractivity contribution in [1.82, 2.24) is 4.90 Å². The number of aliphatic hydroxyl groups is 5. The second kappa shape index (κ2) is 10.8. The zero-order chi connectivity index (χ0) is 29.3. The summed E-state index contributed by atoms with van der Waals surface area (Å²) in [6.45, 7) is 1.25. The predicted octanol–water partition coefficient (Wildman–Crippen LogP) is -3.55. The van der Waals surface area contributed by atoms with Crippen LogP contribution in [0.3, 0.4) is 0 Å². The van der Waals surface area contributed by atoms with Gasteiger partial charge in [0.2, 0.25) is 5.78 Å². The van der Waals surface area contributed by atoms with Crippen LogP contribution in [0, 0.1) is 11.8 Å². The maximum Gasteiger partial charge on any atom is 0.394 e. The van der Waals surface area contributed by atoms with E-state index in [-0.39, 0.29) is 22.1 Å². The van der Waals surface area contributed by atoms with E-state index < -0.39 is 91.5 Å². The van der Waals surface area contributed by atoms with E-state index in [1.54, 1.807) is 0 Å². The molecule has 3 aliphatic carbocycles. The molecule has 4 rings (SSSR count). The number of fused-ring (bicyclic) bond motifs is 3. The Morgan fingerprint density at radius 3 is 2.00 bits per heavy atom. The van der Waals surface area contributed by atoms with Crippen molar-refractivity contribution < 1.29 is 73.5 Å². The molecule has 0 fully saturated rings. The molecule has 40 heavy (non-hydrogen) atoms. The lowest BCUT2D eigenvalue weighted by Gasteiger charge is -2.55. The highest BCUT2D eigenvalue weighted by molar-refractivity contribution is 7.79. The number of aliphatic hydroxyl groups excluding tert-OH is 3. The van der Waals surface area contributed by atoms with Gasteiger partial charge in [0.15, 0.2) is 11.4 Å². The topological polar surface area (TPSA) is 339 Å². The van der Waals surface area contributed by atoms with Crippen LogP contribution in [-0.4, -0.2) is 113 Å². The van der Waals surface area contributed by atoms with Gasteiger partial charge in [0, 0.05) is 0 Å². The lowest BCUT2D eigenvalue weighted by atomic mass is 9.54. The summed E-state index contributed by atoms with van der Waals surface area (Å²) < 4.78 is 31.6. The third kappa shape index (κ3) is 4.96. The average Bonchev–Trinajstić information content (AvgIpc) is 2.75. The number of nitrogens with two attached hydrogens (primary N) is 1. The van der Waals surface area contributed by atoms with Crippen molar-refractivity contribution in [2.45, 2.75) is 30.3 Å². The third-order valence-corrected chi connectivity index (χ3v) is 7.04. The van der Waals surface area contributed by atoms with Gasteiger partial charge in [-0.2, -0.15) is 8.42 Å². The van der Waals surface area contributed by atoms with E-state index in [1.165, 1.54) is 44.1 Å². The second-order valence-corrected chi connectivity index (χ2v) is 10.4. The number of hydrogen-bond donors (Lipinski definition) is 9. The largest absolute Gasteiger partial charge is 0.510 e. The Morgan fingerprint density at radius 2 is 1.55 bits per heavy atom. The van der Waals surface area contributed by atoms with Gasteiger partial charge in [-0.15, -0.1) is 0 Å². The summed E-state index contributed by atoms with van der Waals surface area (Å²) in [7, 11) is -1.81. The first-order chi connectivity index (χ1) is 17.2. The molecule has 1 aromatic carbocycles. The summed E-state index contributed by atoms with van der Waals surface area (Å²) in [6.07, 6.45) is -1.87. The molecule has 0 radical (unpaired) electrons. The van der Waals surface area contributed by atoms with Crippen LogP contribution in [0.15, 0.2) is 40.9 Å². The number of Topliss-reactive ketones (excluding diaryl/α,β-unsaturated/α-hetero) is 2. The van der Waals surface area contributed by atoms with Crippen LogP contribution in [-0.2, 0) is 25.6 Å². The van der Waals surface area contributed by atoms with Crippen molar-refractivity contribution in [2.24, 2.45) is 17.6 Å². The van der Waals surface area contributed by atoms with Crippen molar-refractivity contribution in [3.63, 3.8) is 0 Å². The van der Waals surface area contributed by atoms with Gasteiger partial charge in [-0.3, -0.25) is 28.4 Å². The minimum absolute atomic E-state index is 0. The molecule has 0 bridgehead atoms. The van der Waals surface area contributed by atoms with Crippen LogP contribution in [0.25, 0.3) is 0 Å². The Morgan fingerprint density at radius 1 is 1.05 bits per heavy atom. The SMILES string of the molecule is CN(C)[C@@H]1C(O)=C(C(N)=O)C(=O)[C@@]2(O)C(O)=C3C(=O)c4c(O)cccc4[C@@](C)(O)[C@H]3[C@H](O)[C@@H]12.O.O.O=S(=O)(O)O. The van der Waals surface area contributed by atoms with Crippen molar-refractivity contribution in [2.75, 3.05) is 14.1 Å². The molecule has 224 valence electrons. The highest BCUT2D eigenvalue weighted by Crippen LogP contribution is 2.56. The van der Waals surface area contributed by atoms with Crippen LogP contribution >= 0.6 is 0 Å². The normalized spacial score (nSPS) is 31.1. The van der Waals surface area contributed by atoms with E-state index in [2.05, 4.69) is 0 Å². The molecule has 0 saturated carbocycles. The standard InChI is InChI=1S/C22H24N2O9.H2O4S.2H2O/c1-21(32)7-5-4-6-8(25)9(7)15(26)10-12(21)17(28)13-14(24(2)3)16(27)11(20(23)31)19(30)22(13,33)18(10)29;1-5(2,3)4;;/h4-6,12-14,17,25,27-29,32-33H,1-3H3,(H2,23,31);(H2,1,2,3,4);2*1H2/t12-,13-,14+,17+,21-,22+;;;/m1.../s1. The molecule has 6 atom stereocenters. The Balaban J connectivity index is 0.00000105. The molecule has 14 N–H and O–H groups in total. The molecule has 0 aromatic heterocycles. The summed E-state index contributed by atoms with van der Waals surface area (Å²) in [5.74, 6) is -9.66. The lowest BCUT2D eigenvalue weighted by Crippen LogP contribution is -2.70. The van der Waals surface area contributed by atoms with Gasteiger partial charge in [-0.05, 0) is 32.6 Å². The number of benzene rings is 1. The Hall–Kier alpha value is -3.46. The van der Waals surface area contributed by atoms with Crippen LogP contribution in [0.5, 0.6) is 5.75 Å². The summed E-state index contributed by atoms with van der Waals surface area (Å²) in [5, 5.41) is 66.5. The van der Waals surface area contributed by atoms with Crippen LogP contribution in [0.4, 0.5) is 0 Å². The quantitative estimate of drug-likeness (QED) is 0.118. The molecular weight excluding hydrogens is 564 g/mol. The van der Waals surface area contributed by atoms with E-state index in [4.69, 9.17) is 23.3 Å². The molecule has 17 nitrogen and oxygen atoms in total. The fourth-order valence-electron chi connectivity index (χ4n) is 5.60. The first-order valence-corrected chi connectivity index (χ1v) is 12.2. The van der Waals surface area contributed by atoms with Crippen LogP contribution < -0.4 is 5.73 Å². The molecule has 0 aliphatic heterocycles. The summed E-state index contributed by atoms with van der Waals surface area (Å²) in [6, 6.07) is 2.54. The summed E-state index contributed by atoms with van der Waals surface area (Å²) in [4.78, 5) is 39.8. The highest BCUT2D eigenvalue weighted by Gasteiger charge is 2.69. The van der Waals surface area contributed by atoms with Crippen LogP contribution in [0.1, 0.15) is 22.8 Å². The zero-order valence-corrected chi connectivity index (χ0v) is 21.9. The average molecular weight is 595 g/mol. The molecule has 0 unspecified atom stereocenters. The number of amides is 1. The summed E-state index contributed by atoms with van der Waals surface area (Å²) >= 11 is 0. The zero-order valence-electron chi connectivity index (χ0n) is 21.1. The van der Waals surface area contributed by atoms with Gasteiger partial charge in [0.25, 0.3) is 5.91 Å². The predicted molar refractivity (Wildman–Crippen MR) is 132 cm³/mol. The number of likely N-dealkylation sites (N-methyl/N-ethyl adjacent to an activating group) is 1. The van der Waals surface area contributed by atoms with E-state index >= 15 is 0 Å². The molecular formula is C22H30N2O15S. The fourth-order valence-corrected chi connectivity index (χ4v) is 5.60. The molecule has 18 heteroatoms. The van der Waals surface area contributed by atoms with Gasteiger partial charge >= 0.3 is 10.4 Å². The molecule has 0 spiro atoms. The Kier molecular flexibility index (Phi) is 9.37. The molecule has 0 saturated heterocycles. The number of carbonyl (C=O) groups excluding carboxylic acids is 3. The summed E-state index contributed by atoms with van der Waals surface area (Å²) in [5.41, 5.74) is -1.88. The number of aromatic hydroxyl groups is 1. The first-order valence-electron chi connectivity index (χ1n) is 10.8. The molecule has 0 heterocycles. The smallest absolute Gasteiger partial charge is 0.394 e. The van der Waals surface area contributed by atoms with Crippen molar-refractivity contribution >= 4 is 27.9 Å². The second-order valence-electron chi connectivity index (χ2n) is 9.51. The van der Waals surface area contributed by atoms with Crippen molar-refractivity contribution in [3.8, 4) is 5.75 Å². The molecule has 1 amide bonds. The maximum atomic E-state index is 13.3. The molecule has 3 aliphatic rings. The van der Waals surface area contributed by atoms with Crippen molar-refractivity contribution in [3.05, 3.63) is 52.0 Å². The third-order valence-electron chi connectivity index (χ3n) is 7.04. The Labute approximate surface area is 226 Å². The minimum Gasteiger partial charge on any atom is -0.510 e. The number of ketones is 2. The minimum atomic E-state index is -4.67. The first kappa shape index (κ1) is 34.6. The number of hydrogen-bond acceptors (Lipinski definition) is 12. The number of nitrogens with zero attached hydrogens (tertiary/aromatic N) is 1. The number of carbonyl (C=O) groups is 3. The Bertz CT molecular complexity index is 1410. The van der Waals surface area contributed by atoms with E-state index in [0.717, 1.165) is 0 Å². The number of phenols is 1. The molecule has 1 aromatic rings. The maximum absolute atomic E-state index is 13.3. The van der Waals surface area contributed by atoms with Gasteiger partial charge in [0.05, 0.1) is 40.7 Å². The monoisotopic (exact) mass is 594 g/mol. The van der Waals surface area contributed by atoms with E-state index in [9.17, 15) is 45.0 Å². The van der Waals surface area contributed by atoms with Gasteiger partial charge in [-0.1, -0.05) is 12.1 Å². The van der Waals surface area contributed by atoms with Crippen molar-refractivity contribution in [1.29, 1.82) is 0 Å². The number of rotatable bonds is 2. The number of phenolic OH excluding ortho intramolecular Hbond substituents is 1. The van der Waals surface area contributed by atoms with Gasteiger partial charge in [-0.25, -0.2) is 0 Å².